The van der Waals surface area contributed by atoms with Gasteiger partial charge in [0.15, 0.2) is 0 Å². The molecule has 0 atom stereocenters. The number of ether oxygens (including phenoxy) is 2. The first kappa shape index (κ1) is 15.6. The lowest BCUT2D eigenvalue weighted by Gasteiger charge is -2.11. The fourth-order valence-corrected chi connectivity index (χ4v) is 1.68. The Hall–Kier alpha value is -1.46. The highest BCUT2D eigenvalue weighted by molar-refractivity contribution is 6.30. The Morgan fingerprint density at radius 2 is 2.11 bits per heavy atom. The molecule has 6 heteroatoms. The summed E-state index contributed by atoms with van der Waals surface area (Å²) in [6.07, 6.45) is 0.374. The van der Waals surface area contributed by atoms with Crippen molar-refractivity contribution in [2.75, 3.05) is 39.2 Å². The second-order valence-corrected chi connectivity index (χ2v) is 4.30. The number of hydrogen-bond acceptors (Lipinski definition) is 4. The van der Waals surface area contributed by atoms with Gasteiger partial charge in [-0.3, -0.25) is 4.79 Å². The van der Waals surface area contributed by atoms with E-state index >= 15 is 0 Å². The molecule has 0 aromatic heterocycles. The van der Waals surface area contributed by atoms with Gasteiger partial charge in [-0.15, -0.1) is 0 Å². The Morgan fingerprint density at radius 3 is 2.79 bits per heavy atom. The maximum Gasteiger partial charge on any atom is 0.221 e. The quantitative estimate of drug-likeness (QED) is 0.717. The van der Waals surface area contributed by atoms with Gasteiger partial charge in [0.1, 0.15) is 5.75 Å². The Labute approximate surface area is 118 Å². The molecule has 5 nitrogen and oxygen atoms in total. The molecule has 0 saturated heterocycles. The fraction of sp³-hybridized carbons (Fsp3) is 0.462. The first-order chi connectivity index (χ1) is 9.17. The lowest BCUT2D eigenvalue weighted by Crippen LogP contribution is -2.28. The Morgan fingerprint density at radius 1 is 1.32 bits per heavy atom. The van der Waals surface area contributed by atoms with Crippen LogP contribution >= 0.6 is 11.6 Å². The molecular formula is C13H19ClN2O3. The number of nitrogens with one attached hydrogen (secondary N) is 2. The van der Waals surface area contributed by atoms with E-state index in [1.165, 1.54) is 0 Å². The molecule has 1 amide bonds. The van der Waals surface area contributed by atoms with Crippen molar-refractivity contribution < 1.29 is 14.3 Å². The van der Waals surface area contributed by atoms with Crippen LogP contribution in [0.4, 0.5) is 5.69 Å². The molecule has 1 aromatic carbocycles. The molecule has 2 N–H and O–H groups in total. The molecule has 0 radical (unpaired) electrons. The molecular weight excluding hydrogens is 268 g/mol. The van der Waals surface area contributed by atoms with E-state index in [0.29, 0.717) is 36.9 Å². The van der Waals surface area contributed by atoms with Crippen LogP contribution in [-0.4, -0.2) is 39.8 Å². The van der Waals surface area contributed by atoms with E-state index in [0.717, 1.165) is 5.69 Å². The van der Waals surface area contributed by atoms with Crippen LogP contribution in [0.2, 0.25) is 5.02 Å². The molecule has 1 rings (SSSR count). The molecule has 0 saturated carbocycles. The minimum absolute atomic E-state index is 0.0226. The largest absolute Gasteiger partial charge is 0.495 e. The summed E-state index contributed by atoms with van der Waals surface area (Å²) in [5.41, 5.74) is 0.777. The van der Waals surface area contributed by atoms with Crippen LogP contribution in [0.15, 0.2) is 18.2 Å². The summed E-state index contributed by atoms with van der Waals surface area (Å²) in [5.74, 6) is 0.676. The van der Waals surface area contributed by atoms with E-state index < -0.39 is 0 Å². The summed E-state index contributed by atoms with van der Waals surface area (Å²) in [6, 6.07) is 5.30. The molecule has 1 aromatic rings. The van der Waals surface area contributed by atoms with E-state index in [9.17, 15) is 4.79 Å². The van der Waals surface area contributed by atoms with Crippen molar-refractivity contribution >= 4 is 23.2 Å². The maximum absolute atomic E-state index is 11.5. The summed E-state index contributed by atoms with van der Waals surface area (Å²) >= 11 is 5.91. The van der Waals surface area contributed by atoms with Gasteiger partial charge in [0.25, 0.3) is 0 Å². The fourth-order valence-electron chi connectivity index (χ4n) is 1.51. The SMILES string of the molecule is COCCNC(=O)CCNc1cc(Cl)ccc1OC. The topological polar surface area (TPSA) is 59.6 Å². The first-order valence-electron chi connectivity index (χ1n) is 6.00. The second kappa shape index (κ2) is 8.61. The highest BCUT2D eigenvalue weighted by atomic mass is 35.5. The van der Waals surface area contributed by atoms with Crippen LogP contribution < -0.4 is 15.4 Å². The average Bonchev–Trinajstić information content (AvgIpc) is 2.39. The maximum atomic E-state index is 11.5. The number of anilines is 1. The number of amides is 1. The number of carbonyl (C=O) groups excluding carboxylic acids is 1. The molecule has 0 aliphatic heterocycles. The zero-order valence-electron chi connectivity index (χ0n) is 11.2. The third kappa shape index (κ3) is 5.81. The predicted molar refractivity (Wildman–Crippen MR) is 76.0 cm³/mol. The lowest BCUT2D eigenvalue weighted by atomic mass is 10.2. The van der Waals surface area contributed by atoms with Gasteiger partial charge in [-0.1, -0.05) is 11.6 Å². The summed E-state index contributed by atoms with van der Waals surface area (Å²) in [4.78, 5) is 11.5. The standard InChI is InChI=1S/C13H19ClN2O3/c1-18-8-7-16-13(17)5-6-15-11-9-10(14)3-4-12(11)19-2/h3-4,9,15H,5-8H2,1-2H3,(H,16,17). The van der Waals surface area contributed by atoms with Gasteiger partial charge < -0.3 is 20.1 Å². The highest BCUT2D eigenvalue weighted by Gasteiger charge is 2.05. The van der Waals surface area contributed by atoms with Gasteiger partial charge in [-0.25, -0.2) is 0 Å². The highest BCUT2D eigenvalue weighted by Crippen LogP contribution is 2.27. The van der Waals surface area contributed by atoms with Gasteiger partial charge in [0, 0.05) is 31.6 Å². The van der Waals surface area contributed by atoms with Crippen LogP contribution in [0.1, 0.15) is 6.42 Å². The Kier molecular flexibility index (Phi) is 7.07. The zero-order valence-corrected chi connectivity index (χ0v) is 11.9. The van der Waals surface area contributed by atoms with Crippen molar-refractivity contribution in [1.82, 2.24) is 5.32 Å². The first-order valence-corrected chi connectivity index (χ1v) is 6.38. The van der Waals surface area contributed by atoms with E-state index in [1.807, 2.05) is 0 Å². The summed E-state index contributed by atoms with van der Waals surface area (Å²) in [5, 5.41) is 6.49. The number of methoxy groups -OCH3 is 2. The van der Waals surface area contributed by atoms with Crippen molar-refractivity contribution in [1.29, 1.82) is 0 Å². The molecule has 0 aliphatic rings. The third-order valence-corrected chi connectivity index (χ3v) is 2.69. The number of carbonyl (C=O) groups is 1. The minimum atomic E-state index is -0.0226. The third-order valence-electron chi connectivity index (χ3n) is 2.46. The van der Waals surface area contributed by atoms with E-state index in [2.05, 4.69) is 10.6 Å². The summed E-state index contributed by atoms with van der Waals surface area (Å²) in [7, 11) is 3.19. The molecule has 0 aliphatic carbocycles. The van der Waals surface area contributed by atoms with Crippen LogP contribution in [0.5, 0.6) is 5.75 Å². The van der Waals surface area contributed by atoms with E-state index in [4.69, 9.17) is 21.1 Å². The predicted octanol–water partition coefficient (Wildman–Crippen LogP) is 1.91. The molecule has 106 valence electrons. The molecule has 0 fully saturated rings. The van der Waals surface area contributed by atoms with Crippen molar-refractivity contribution in [3.05, 3.63) is 23.2 Å². The van der Waals surface area contributed by atoms with Gasteiger partial charge in [0.2, 0.25) is 5.91 Å². The van der Waals surface area contributed by atoms with Crippen molar-refractivity contribution in [3.63, 3.8) is 0 Å². The minimum Gasteiger partial charge on any atom is -0.495 e. The Bertz CT molecular complexity index is 413. The van der Waals surface area contributed by atoms with Crippen molar-refractivity contribution in [3.8, 4) is 5.75 Å². The van der Waals surface area contributed by atoms with Crippen LogP contribution in [-0.2, 0) is 9.53 Å². The Balaban J connectivity index is 2.36. The van der Waals surface area contributed by atoms with Crippen LogP contribution in [0, 0.1) is 0 Å². The average molecular weight is 287 g/mol. The smallest absolute Gasteiger partial charge is 0.221 e. The molecule has 0 unspecified atom stereocenters. The van der Waals surface area contributed by atoms with Crippen molar-refractivity contribution in [2.45, 2.75) is 6.42 Å². The van der Waals surface area contributed by atoms with Gasteiger partial charge in [-0.2, -0.15) is 0 Å². The van der Waals surface area contributed by atoms with Crippen LogP contribution in [0.3, 0.4) is 0 Å². The summed E-state index contributed by atoms with van der Waals surface area (Å²) < 4.78 is 10.0. The second-order valence-electron chi connectivity index (χ2n) is 3.86. The van der Waals surface area contributed by atoms with E-state index in [1.54, 1.807) is 32.4 Å². The number of benzene rings is 1. The van der Waals surface area contributed by atoms with E-state index in [-0.39, 0.29) is 5.91 Å². The van der Waals surface area contributed by atoms with Gasteiger partial charge >= 0.3 is 0 Å². The molecule has 0 bridgehead atoms. The van der Waals surface area contributed by atoms with Crippen molar-refractivity contribution in [2.24, 2.45) is 0 Å². The normalized spacial score (nSPS) is 10.1. The van der Waals surface area contributed by atoms with Gasteiger partial charge in [0.05, 0.1) is 19.4 Å². The number of halogens is 1. The number of rotatable bonds is 8. The number of hydrogen-bond donors (Lipinski definition) is 2. The lowest BCUT2D eigenvalue weighted by molar-refractivity contribution is -0.121. The molecule has 0 spiro atoms. The zero-order chi connectivity index (χ0) is 14.1. The van der Waals surface area contributed by atoms with Crippen LogP contribution in [0.25, 0.3) is 0 Å². The van der Waals surface area contributed by atoms with Gasteiger partial charge in [-0.05, 0) is 18.2 Å². The monoisotopic (exact) mass is 286 g/mol. The molecule has 19 heavy (non-hydrogen) atoms. The molecule has 0 heterocycles. The summed E-state index contributed by atoms with van der Waals surface area (Å²) in [6.45, 7) is 1.55.